The summed E-state index contributed by atoms with van der Waals surface area (Å²) in [6.07, 6.45) is 2.91. The van der Waals surface area contributed by atoms with Crippen LogP contribution in [0, 0.1) is 0 Å². The fourth-order valence-corrected chi connectivity index (χ4v) is 2.13. The molecular weight excluding hydrogens is 236 g/mol. The molecule has 6 nitrogen and oxygen atoms in total. The fourth-order valence-electron chi connectivity index (χ4n) is 1.12. The molecule has 8 heteroatoms. The SMILES string of the molecule is CCCCCP(=O)(O)ONCCNCCN.[LiH]. The van der Waals surface area contributed by atoms with Gasteiger partial charge in [-0.3, -0.25) is 4.57 Å². The van der Waals surface area contributed by atoms with Crippen LogP contribution in [0.5, 0.6) is 0 Å². The molecule has 0 rings (SSSR count). The number of nitrogens with two attached hydrogens (primary N) is 1. The Kier molecular flexibility index (Phi) is 15.3. The molecule has 0 bridgehead atoms. The van der Waals surface area contributed by atoms with Crippen molar-refractivity contribution in [2.45, 2.75) is 26.2 Å². The van der Waals surface area contributed by atoms with Crippen molar-refractivity contribution in [3.8, 4) is 0 Å². The van der Waals surface area contributed by atoms with E-state index in [9.17, 15) is 9.46 Å². The van der Waals surface area contributed by atoms with Crippen LogP contribution in [0.4, 0.5) is 0 Å². The molecule has 1 unspecified atom stereocenters. The van der Waals surface area contributed by atoms with Crippen LogP contribution in [0.3, 0.4) is 0 Å². The first-order valence-electron chi connectivity index (χ1n) is 5.76. The van der Waals surface area contributed by atoms with Crippen LogP contribution in [0.2, 0.25) is 0 Å². The fraction of sp³-hybridized carbons (Fsp3) is 1.00. The number of hydrogen-bond acceptors (Lipinski definition) is 5. The molecule has 5 N–H and O–H groups in total. The summed E-state index contributed by atoms with van der Waals surface area (Å²) in [5.74, 6) is 0. The molecule has 0 spiro atoms. The molecule has 0 saturated heterocycles. The first kappa shape index (κ1) is 20.0. The summed E-state index contributed by atoms with van der Waals surface area (Å²) in [5.41, 5.74) is 7.78. The minimum atomic E-state index is -3.44. The van der Waals surface area contributed by atoms with E-state index in [0.717, 1.165) is 25.8 Å². The van der Waals surface area contributed by atoms with Gasteiger partial charge in [-0.15, -0.1) is 0 Å². The summed E-state index contributed by atoms with van der Waals surface area (Å²) in [6.45, 7) is 4.50. The second-order valence-electron chi connectivity index (χ2n) is 3.59. The quantitative estimate of drug-likeness (QED) is 0.178. The molecule has 0 heterocycles. The van der Waals surface area contributed by atoms with Crippen LogP contribution in [0.15, 0.2) is 0 Å². The van der Waals surface area contributed by atoms with E-state index in [1.807, 2.05) is 6.92 Å². The molecule has 0 fully saturated rings. The van der Waals surface area contributed by atoms with Crippen LogP contribution >= 0.6 is 7.60 Å². The van der Waals surface area contributed by atoms with Gasteiger partial charge in [0, 0.05) is 26.2 Å². The predicted molar refractivity (Wildman–Crippen MR) is 72.4 cm³/mol. The van der Waals surface area contributed by atoms with E-state index >= 15 is 0 Å². The van der Waals surface area contributed by atoms with Gasteiger partial charge >= 0.3 is 26.5 Å². The summed E-state index contributed by atoms with van der Waals surface area (Å²) < 4.78 is 16.2. The van der Waals surface area contributed by atoms with Gasteiger partial charge in [0.25, 0.3) is 0 Å². The molecule has 0 aromatic carbocycles. The molecule has 0 amide bonds. The van der Waals surface area contributed by atoms with Gasteiger partial charge in [-0.05, 0) is 6.42 Å². The third-order valence-corrected chi connectivity index (χ3v) is 3.27. The molecule has 0 aromatic heterocycles. The Balaban J connectivity index is 0. The van der Waals surface area contributed by atoms with Crippen molar-refractivity contribution in [1.82, 2.24) is 10.8 Å². The van der Waals surface area contributed by atoms with E-state index in [0.29, 0.717) is 19.6 Å². The van der Waals surface area contributed by atoms with Gasteiger partial charge in [-0.2, -0.15) is 5.48 Å². The van der Waals surface area contributed by atoms with Crippen molar-refractivity contribution in [3.05, 3.63) is 0 Å². The zero-order valence-electron chi connectivity index (χ0n) is 9.95. The van der Waals surface area contributed by atoms with Gasteiger partial charge in [0.15, 0.2) is 0 Å². The molecule has 0 saturated carbocycles. The number of unbranched alkanes of at least 4 members (excludes halogenated alkanes) is 2. The zero-order chi connectivity index (χ0) is 12.3. The van der Waals surface area contributed by atoms with Gasteiger partial charge in [0.1, 0.15) is 0 Å². The van der Waals surface area contributed by atoms with Crippen LogP contribution in [0.25, 0.3) is 0 Å². The molecule has 17 heavy (non-hydrogen) atoms. The Morgan fingerprint density at radius 1 is 1.29 bits per heavy atom. The second-order valence-corrected chi connectivity index (χ2v) is 5.50. The van der Waals surface area contributed by atoms with Crippen molar-refractivity contribution < 1.29 is 14.1 Å². The third kappa shape index (κ3) is 14.6. The minimum absolute atomic E-state index is 0. The Morgan fingerprint density at radius 2 is 2.00 bits per heavy atom. The molecule has 100 valence electrons. The van der Waals surface area contributed by atoms with Gasteiger partial charge in [-0.1, -0.05) is 19.8 Å². The third-order valence-electron chi connectivity index (χ3n) is 1.98. The van der Waals surface area contributed by atoms with Crippen molar-refractivity contribution in [1.29, 1.82) is 0 Å². The first-order valence-corrected chi connectivity index (χ1v) is 7.52. The normalized spacial score (nSPS) is 14.1. The molecule has 0 radical (unpaired) electrons. The van der Waals surface area contributed by atoms with E-state index in [-0.39, 0.29) is 25.0 Å². The average Bonchev–Trinajstić information content (AvgIpc) is 2.23. The van der Waals surface area contributed by atoms with E-state index < -0.39 is 7.60 Å². The Morgan fingerprint density at radius 3 is 2.59 bits per heavy atom. The zero-order valence-corrected chi connectivity index (χ0v) is 10.8. The summed E-state index contributed by atoms with van der Waals surface area (Å²) in [5, 5.41) is 3.03. The van der Waals surface area contributed by atoms with Gasteiger partial charge in [0.05, 0.1) is 6.16 Å². The molecule has 0 aliphatic rings. The van der Waals surface area contributed by atoms with Gasteiger partial charge < -0.3 is 15.9 Å². The molecule has 0 aliphatic heterocycles. The monoisotopic (exact) mass is 261 g/mol. The number of hydroxylamine groups is 1. The van der Waals surface area contributed by atoms with E-state index in [2.05, 4.69) is 10.8 Å². The molecule has 1 atom stereocenters. The maximum absolute atomic E-state index is 11.4. The number of nitrogens with one attached hydrogen (secondary N) is 2. The van der Waals surface area contributed by atoms with E-state index in [1.54, 1.807) is 0 Å². The summed E-state index contributed by atoms with van der Waals surface area (Å²) in [4.78, 5) is 9.37. The van der Waals surface area contributed by atoms with Gasteiger partial charge in [0.2, 0.25) is 0 Å². The predicted octanol–water partition coefficient (Wildman–Crippen LogP) is -0.217. The Bertz CT molecular complexity index is 210. The first-order chi connectivity index (χ1) is 7.62. The standard InChI is InChI=1S/C9H24N3O3P.Li.H/c1-2-3-4-9-16(13,14)15-12-8-7-11-6-5-10;;/h11-12H,2-10H2,1H3,(H,13,14);;. The van der Waals surface area contributed by atoms with Crippen molar-refractivity contribution in [3.63, 3.8) is 0 Å². The second kappa shape index (κ2) is 13.1. The van der Waals surface area contributed by atoms with Crippen LogP contribution in [-0.2, 0) is 9.19 Å². The van der Waals surface area contributed by atoms with E-state index in [1.165, 1.54) is 0 Å². The Labute approximate surface area is 116 Å². The molecule has 0 aromatic rings. The summed E-state index contributed by atoms with van der Waals surface area (Å²) in [7, 11) is -3.44. The van der Waals surface area contributed by atoms with E-state index in [4.69, 9.17) is 10.4 Å². The van der Waals surface area contributed by atoms with Gasteiger partial charge in [-0.25, -0.2) is 4.62 Å². The maximum atomic E-state index is 11.4. The average molecular weight is 261 g/mol. The van der Waals surface area contributed by atoms with Crippen molar-refractivity contribution in [2.24, 2.45) is 5.73 Å². The summed E-state index contributed by atoms with van der Waals surface area (Å²) >= 11 is 0. The molecule has 0 aliphatic carbocycles. The van der Waals surface area contributed by atoms with Crippen LogP contribution in [0.1, 0.15) is 26.2 Å². The number of rotatable bonds is 11. The van der Waals surface area contributed by atoms with Crippen LogP contribution < -0.4 is 16.5 Å². The van der Waals surface area contributed by atoms with Crippen LogP contribution in [-0.4, -0.2) is 56.1 Å². The number of hydrogen-bond donors (Lipinski definition) is 4. The Hall–Kier alpha value is 0.627. The summed E-state index contributed by atoms with van der Waals surface area (Å²) in [6, 6.07) is 0. The molecular formula is C9H25LiN3O3P. The van der Waals surface area contributed by atoms with Crippen molar-refractivity contribution >= 4 is 26.5 Å². The van der Waals surface area contributed by atoms with Crippen molar-refractivity contribution in [2.75, 3.05) is 32.3 Å². The topological polar surface area (TPSA) is 96.6 Å².